The average molecular weight is 340 g/mol. The van der Waals surface area contributed by atoms with Crippen molar-refractivity contribution < 1.29 is 14.3 Å². The first kappa shape index (κ1) is 17.3. The molecule has 1 aromatic carbocycles. The van der Waals surface area contributed by atoms with Crippen LogP contribution in [0, 0.1) is 0 Å². The topological polar surface area (TPSA) is 51.7 Å². The van der Waals surface area contributed by atoms with Crippen molar-refractivity contribution >= 4 is 5.91 Å². The van der Waals surface area contributed by atoms with Gasteiger partial charge in [0.2, 0.25) is 5.91 Å². The van der Waals surface area contributed by atoms with Crippen molar-refractivity contribution in [1.82, 2.24) is 9.88 Å². The summed E-state index contributed by atoms with van der Waals surface area (Å²) in [5.41, 5.74) is 1.16. The Labute approximate surface area is 148 Å². The fourth-order valence-corrected chi connectivity index (χ4v) is 3.03. The maximum Gasteiger partial charge on any atom is 0.222 e. The van der Waals surface area contributed by atoms with Crippen LogP contribution in [-0.2, 0) is 11.2 Å². The van der Waals surface area contributed by atoms with Crippen molar-refractivity contribution in [3.63, 3.8) is 0 Å². The Morgan fingerprint density at radius 2 is 1.92 bits per heavy atom. The van der Waals surface area contributed by atoms with Crippen LogP contribution in [0.5, 0.6) is 11.5 Å². The molecule has 2 aromatic rings. The van der Waals surface area contributed by atoms with Gasteiger partial charge in [0.15, 0.2) is 0 Å². The smallest absolute Gasteiger partial charge is 0.222 e. The van der Waals surface area contributed by atoms with Gasteiger partial charge in [-0.25, -0.2) is 0 Å². The Morgan fingerprint density at radius 1 is 1.16 bits per heavy atom. The van der Waals surface area contributed by atoms with Gasteiger partial charge in [-0.3, -0.25) is 9.78 Å². The molecule has 25 heavy (non-hydrogen) atoms. The van der Waals surface area contributed by atoms with E-state index >= 15 is 0 Å². The van der Waals surface area contributed by atoms with Gasteiger partial charge in [0.25, 0.3) is 0 Å². The highest BCUT2D eigenvalue weighted by Gasteiger charge is 2.23. The minimum absolute atomic E-state index is 0.162. The van der Waals surface area contributed by atoms with E-state index in [1.54, 1.807) is 19.5 Å². The Kier molecular flexibility index (Phi) is 5.88. The van der Waals surface area contributed by atoms with Gasteiger partial charge in [-0.1, -0.05) is 12.1 Å². The van der Waals surface area contributed by atoms with Gasteiger partial charge >= 0.3 is 0 Å². The van der Waals surface area contributed by atoms with Crippen LogP contribution in [0.1, 0.15) is 24.8 Å². The van der Waals surface area contributed by atoms with Crippen LogP contribution < -0.4 is 9.47 Å². The summed E-state index contributed by atoms with van der Waals surface area (Å²) in [4.78, 5) is 18.4. The molecule has 3 rings (SSSR count). The molecule has 0 bridgehead atoms. The van der Waals surface area contributed by atoms with E-state index in [0.717, 1.165) is 49.4 Å². The molecule has 1 saturated heterocycles. The van der Waals surface area contributed by atoms with Crippen LogP contribution >= 0.6 is 0 Å². The maximum atomic E-state index is 12.4. The van der Waals surface area contributed by atoms with Gasteiger partial charge in [0.1, 0.15) is 17.6 Å². The predicted molar refractivity (Wildman–Crippen MR) is 95.8 cm³/mol. The first-order valence-corrected chi connectivity index (χ1v) is 8.72. The van der Waals surface area contributed by atoms with Crippen molar-refractivity contribution in [2.24, 2.45) is 0 Å². The van der Waals surface area contributed by atoms with Crippen LogP contribution in [0.25, 0.3) is 0 Å². The summed E-state index contributed by atoms with van der Waals surface area (Å²) in [6.45, 7) is 1.51. The Morgan fingerprint density at radius 3 is 2.56 bits per heavy atom. The molecule has 5 nitrogen and oxygen atoms in total. The monoisotopic (exact) mass is 340 g/mol. The number of aryl methyl sites for hydroxylation is 1. The molecule has 0 unspecified atom stereocenters. The highest BCUT2D eigenvalue weighted by atomic mass is 16.5. The zero-order chi connectivity index (χ0) is 17.5. The van der Waals surface area contributed by atoms with Crippen LogP contribution in [0.4, 0.5) is 0 Å². The van der Waals surface area contributed by atoms with E-state index in [1.165, 1.54) is 0 Å². The van der Waals surface area contributed by atoms with Gasteiger partial charge < -0.3 is 14.4 Å². The molecule has 0 spiro atoms. The Balaban J connectivity index is 1.41. The van der Waals surface area contributed by atoms with Gasteiger partial charge in [-0.2, -0.15) is 0 Å². The summed E-state index contributed by atoms with van der Waals surface area (Å²) < 4.78 is 11.1. The zero-order valence-electron chi connectivity index (χ0n) is 14.6. The molecular formula is C20H24N2O3. The summed E-state index contributed by atoms with van der Waals surface area (Å²) >= 11 is 0. The second-order valence-electron chi connectivity index (χ2n) is 6.23. The van der Waals surface area contributed by atoms with Crippen LogP contribution in [0.15, 0.2) is 48.8 Å². The normalized spacial score (nSPS) is 15.0. The average Bonchev–Trinajstić information content (AvgIpc) is 2.68. The number of benzene rings is 1. The molecule has 0 aliphatic carbocycles. The Hall–Kier alpha value is -2.56. The number of nitrogens with zero attached hydrogens (tertiary/aromatic N) is 2. The molecule has 1 aromatic heterocycles. The molecule has 1 aliphatic rings. The number of methoxy groups -OCH3 is 1. The summed E-state index contributed by atoms with van der Waals surface area (Å²) in [7, 11) is 1.65. The highest BCUT2D eigenvalue weighted by molar-refractivity contribution is 5.76. The number of ether oxygens (including phenoxy) is 2. The first-order chi connectivity index (χ1) is 12.2. The Bertz CT molecular complexity index is 665. The number of hydrogen-bond acceptors (Lipinski definition) is 4. The molecule has 0 saturated carbocycles. The maximum absolute atomic E-state index is 12.4. The molecule has 1 fully saturated rings. The van der Waals surface area contributed by atoms with E-state index in [0.29, 0.717) is 6.42 Å². The van der Waals surface area contributed by atoms with Crippen LogP contribution in [-0.4, -0.2) is 42.1 Å². The first-order valence-electron chi connectivity index (χ1n) is 8.72. The number of rotatable bonds is 6. The molecular weight excluding hydrogens is 316 g/mol. The van der Waals surface area contributed by atoms with E-state index in [2.05, 4.69) is 4.98 Å². The van der Waals surface area contributed by atoms with Crippen LogP contribution in [0.3, 0.4) is 0 Å². The lowest BCUT2D eigenvalue weighted by molar-refractivity contribution is -0.132. The standard InChI is InChI=1S/C20H24N2O3/c1-24-17-7-4-16(5-8-17)6-9-20(23)22-13-10-18(11-14-22)25-19-3-2-12-21-15-19/h2-5,7-8,12,15,18H,6,9-11,13-14H2,1H3. The van der Waals surface area contributed by atoms with Gasteiger partial charge in [0.05, 0.1) is 13.3 Å². The van der Waals surface area contributed by atoms with Gasteiger partial charge in [0, 0.05) is 38.5 Å². The SMILES string of the molecule is COc1ccc(CCC(=O)N2CCC(Oc3cccnc3)CC2)cc1. The molecule has 0 radical (unpaired) electrons. The fraction of sp³-hybridized carbons (Fsp3) is 0.400. The van der Waals surface area contributed by atoms with E-state index in [9.17, 15) is 4.79 Å². The largest absolute Gasteiger partial charge is 0.497 e. The number of pyridine rings is 1. The van der Waals surface area contributed by atoms with E-state index in [1.807, 2.05) is 41.3 Å². The summed E-state index contributed by atoms with van der Waals surface area (Å²) in [6, 6.07) is 11.7. The molecule has 0 N–H and O–H groups in total. The number of hydrogen-bond donors (Lipinski definition) is 0. The van der Waals surface area contributed by atoms with Crippen molar-refractivity contribution in [2.75, 3.05) is 20.2 Å². The second-order valence-corrected chi connectivity index (χ2v) is 6.23. The van der Waals surface area contributed by atoms with Crippen molar-refractivity contribution in [2.45, 2.75) is 31.8 Å². The third-order valence-electron chi connectivity index (χ3n) is 4.52. The van der Waals surface area contributed by atoms with E-state index in [-0.39, 0.29) is 12.0 Å². The number of likely N-dealkylation sites (tertiary alicyclic amines) is 1. The third kappa shape index (κ3) is 4.95. The molecule has 0 atom stereocenters. The van der Waals surface area contributed by atoms with E-state index < -0.39 is 0 Å². The summed E-state index contributed by atoms with van der Waals surface area (Å²) in [6.07, 6.45) is 6.65. The molecule has 132 valence electrons. The summed E-state index contributed by atoms with van der Waals surface area (Å²) in [5.74, 6) is 1.85. The fourth-order valence-electron chi connectivity index (χ4n) is 3.03. The number of aromatic nitrogens is 1. The predicted octanol–water partition coefficient (Wildman–Crippen LogP) is 3.09. The zero-order valence-corrected chi connectivity index (χ0v) is 14.6. The minimum Gasteiger partial charge on any atom is -0.497 e. The second kappa shape index (κ2) is 8.51. The van der Waals surface area contributed by atoms with Gasteiger partial charge in [-0.15, -0.1) is 0 Å². The molecule has 2 heterocycles. The molecule has 5 heteroatoms. The van der Waals surface area contributed by atoms with Crippen molar-refractivity contribution in [1.29, 1.82) is 0 Å². The number of carbonyl (C=O) groups excluding carboxylic acids is 1. The van der Waals surface area contributed by atoms with Gasteiger partial charge in [-0.05, 0) is 36.2 Å². The van der Waals surface area contributed by atoms with Crippen molar-refractivity contribution in [3.8, 4) is 11.5 Å². The third-order valence-corrected chi connectivity index (χ3v) is 4.52. The van der Waals surface area contributed by atoms with Crippen LogP contribution in [0.2, 0.25) is 0 Å². The molecule has 1 aliphatic heterocycles. The lowest BCUT2D eigenvalue weighted by Gasteiger charge is -2.32. The van der Waals surface area contributed by atoms with Crippen molar-refractivity contribution in [3.05, 3.63) is 54.4 Å². The lowest BCUT2D eigenvalue weighted by atomic mass is 10.1. The lowest BCUT2D eigenvalue weighted by Crippen LogP contribution is -2.41. The minimum atomic E-state index is 0.162. The molecule has 1 amide bonds. The number of piperidine rings is 1. The number of amides is 1. The quantitative estimate of drug-likeness (QED) is 0.811. The highest BCUT2D eigenvalue weighted by Crippen LogP contribution is 2.19. The number of carbonyl (C=O) groups is 1. The summed E-state index contributed by atoms with van der Waals surface area (Å²) in [5, 5.41) is 0. The van der Waals surface area contributed by atoms with E-state index in [4.69, 9.17) is 9.47 Å².